The zero-order chi connectivity index (χ0) is 14.8. The molecule has 21 heavy (non-hydrogen) atoms. The van der Waals surface area contributed by atoms with Gasteiger partial charge in [0.1, 0.15) is 11.3 Å². The van der Waals surface area contributed by atoms with E-state index in [2.05, 4.69) is 10.3 Å². The van der Waals surface area contributed by atoms with Gasteiger partial charge in [-0.2, -0.15) is 0 Å². The van der Waals surface area contributed by atoms with Crippen LogP contribution in [0.2, 0.25) is 0 Å². The minimum absolute atomic E-state index is 0.246. The number of benzene rings is 2. The first kappa shape index (κ1) is 13.3. The van der Waals surface area contributed by atoms with E-state index in [4.69, 9.17) is 4.42 Å². The van der Waals surface area contributed by atoms with Crippen LogP contribution in [0.3, 0.4) is 0 Å². The molecule has 1 N–H and O–H groups in total. The van der Waals surface area contributed by atoms with Crippen LogP contribution in [0, 0.1) is 12.7 Å². The Hall–Kier alpha value is -2.69. The second kappa shape index (κ2) is 5.36. The summed E-state index contributed by atoms with van der Waals surface area (Å²) in [6, 6.07) is 11.0. The Morgan fingerprint density at radius 1 is 1.24 bits per heavy atom. The summed E-state index contributed by atoms with van der Waals surface area (Å²) in [4.78, 5) is 16.1. The maximum absolute atomic E-state index is 12.8. The molecule has 2 aromatic carbocycles. The number of nitrogens with zero attached hydrogens (tertiary/aromatic N) is 1. The van der Waals surface area contributed by atoms with Gasteiger partial charge in [-0.15, -0.1) is 0 Å². The van der Waals surface area contributed by atoms with Crippen molar-refractivity contribution in [2.24, 2.45) is 0 Å². The van der Waals surface area contributed by atoms with Crippen molar-refractivity contribution in [1.29, 1.82) is 0 Å². The highest BCUT2D eigenvalue weighted by molar-refractivity contribution is 5.94. The topological polar surface area (TPSA) is 55.1 Å². The molecule has 1 amide bonds. The number of rotatable bonds is 3. The number of hydrogen-bond donors (Lipinski definition) is 1. The summed E-state index contributed by atoms with van der Waals surface area (Å²) in [5, 5.41) is 2.78. The standard InChI is InChI=1S/C16H13FN2O2/c1-10-19-14-7-2-11(8-15(14)21-10)9-18-16(20)12-3-5-13(17)6-4-12/h2-8H,9H2,1H3,(H,18,20). The molecule has 3 rings (SSSR count). The van der Waals surface area contributed by atoms with Crippen molar-refractivity contribution < 1.29 is 13.6 Å². The number of aryl methyl sites for hydroxylation is 1. The molecule has 0 radical (unpaired) electrons. The lowest BCUT2D eigenvalue weighted by Gasteiger charge is -2.05. The molecular weight excluding hydrogens is 271 g/mol. The molecule has 3 aromatic rings. The maximum Gasteiger partial charge on any atom is 0.251 e. The Morgan fingerprint density at radius 3 is 2.76 bits per heavy atom. The van der Waals surface area contributed by atoms with Crippen molar-refractivity contribution in [3.05, 3.63) is 65.3 Å². The molecule has 0 spiro atoms. The summed E-state index contributed by atoms with van der Waals surface area (Å²) in [6.07, 6.45) is 0. The Balaban J connectivity index is 1.70. The van der Waals surface area contributed by atoms with E-state index in [-0.39, 0.29) is 11.7 Å². The van der Waals surface area contributed by atoms with Crippen LogP contribution in [-0.4, -0.2) is 10.9 Å². The van der Waals surface area contributed by atoms with Crippen LogP contribution < -0.4 is 5.32 Å². The van der Waals surface area contributed by atoms with E-state index < -0.39 is 0 Å². The summed E-state index contributed by atoms with van der Waals surface area (Å²) in [6.45, 7) is 2.15. The highest BCUT2D eigenvalue weighted by atomic mass is 19.1. The lowest BCUT2D eigenvalue weighted by atomic mass is 10.2. The van der Waals surface area contributed by atoms with E-state index in [9.17, 15) is 9.18 Å². The van der Waals surface area contributed by atoms with Crippen molar-refractivity contribution in [3.63, 3.8) is 0 Å². The van der Waals surface area contributed by atoms with Crippen molar-refractivity contribution in [2.75, 3.05) is 0 Å². The van der Waals surface area contributed by atoms with Gasteiger partial charge in [0, 0.05) is 19.0 Å². The van der Waals surface area contributed by atoms with E-state index in [0.29, 0.717) is 23.6 Å². The second-order valence-electron chi connectivity index (χ2n) is 4.72. The summed E-state index contributed by atoms with van der Waals surface area (Å²) >= 11 is 0. The summed E-state index contributed by atoms with van der Waals surface area (Å²) in [5.74, 6) is -0.000893. The van der Waals surface area contributed by atoms with Crippen molar-refractivity contribution in [2.45, 2.75) is 13.5 Å². The van der Waals surface area contributed by atoms with Gasteiger partial charge in [-0.25, -0.2) is 9.37 Å². The van der Waals surface area contributed by atoms with Crippen molar-refractivity contribution in [3.8, 4) is 0 Å². The van der Waals surface area contributed by atoms with E-state index >= 15 is 0 Å². The van der Waals surface area contributed by atoms with Gasteiger partial charge in [0.05, 0.1) is 0 Å². The molecular formula is C16H13FN2O2. The number of halogens is 1. The highest BCUT2D eigenvalue weighted by Crippen LogP contribution is 2.16. The van der Waals surface area contributed by atoms with E-state index in [1.54, 1.807) is 6.92 Å². The minimum Gasteiger partial charge on any atom is -0.441 e. The van der Waals surface area contributed by atoms with Crippen LogP contribution >= 0.6 is 0 Å². The number of oxazole rings is 1. The number of carbonyl (C=O) groups excluding carboxylic acids is 1. The number of aromatic nitrogens is 1. The number of hydrogen-bond acceptors (Lipinski definition) is 3. The molecule has 1 aromatic heterocycles. The average molecular weight is 284 g/mol. The highest BCUT2D eigenvalue weighted by Gasteiger charge is 2.07. The van der Waals surface area contributed by atoms with Gasteiger partial charge in [0.2, 0.25) is 0 Å². The summed E-state index contributed by atoms with van der Waals surface area (Å²) in [7, 11) is 0. The fourth-order valence-corrected chi connectivity index (χ4v) is 2.08. The lowest BCUT2D eigenvalue weighted by Crippen LogP contribution is -2.22. The van der Waals surface area contributed by atoms with E-state index in [1.165, 1.54) is 24.3 Å². The van der Waals surface area contributed by atoms with Crippen LogP contribution in [0.15, 0.2) is 46.9 Å². The minimum atomic E-state index is -0.363. The SMILES string of the molecule is Cc1nc2ccc(CNC(=O)c3ccc(F)cc3)cc2o1. The monoisotopic (exact) mass is 284 g/mol. The van der Waals surface area contributed by atoms with Gasteiger partial charge in [-0.1, -0.05) is 6.07 Å². The zero-order valence-corrected chi connectivity index (χ0v) is 11.4. The molecule has 1 heterocycles. The lowest BCUT2D eigenvalue weighted by molar-refractivity contribution is 0.0951. The van der Waals surface area contributed by atoms with Crippen molar-refractivity contribution in [1.82, 2.24) is 10.3 Å². The Bertz CT molecular complexity index is 794. The van der Waals surface area contributed by atoms with Gasteiger partial charge in [-0.05, 0) is 42.0 Å². The molecule has 0 atom stereocenters. The summed E-state index contributed by atoms with van der Waals surface area (Å²) in [5.41, 5.74) is 2.82. The normalized spacial score (nSPS) is 10.8. The Morgan fingerprint density at radius 2 is 2.00 bits per heavy atom. The molecule has 0 saturated heterocycles. The smallest absolute Gasteiger partial charge is 0.251 e. The predicted molar refractivity (Wildman–Crippen MR) is 76.3 cm³/mol. The Kier molecular flexibility index (Phi) is 3.39. The quantitative estimate of drug-likeness (QED) is 0.803. The van der Waals surface area contributed by atoms with Crippen LogP contribution in [-0.2, 0) is 6.54 Å². The van der Waals surface area contributed by atoms with Gasteiger partial charge < -0.3 is 9.73 Å². The van der Waals surface area contributed by atoms with Crippen LogP contribution in [0.25, 0.3) is 11.1 Å². The molecule has 0 unspecified atom stereocenters. The number of carbonyl (C=O) groups is 1. The first-order chi connectivity index (χ1) is 10.1. The third-order valence-corrected chi connectivity index (χ3v) is 3.12. The molecule has 5 heteroatoms. The third kappa shape index (κ3) is 2.91. The number of amides is 1. The van der Waals surface area contributed by atoms with Crippen LogP contribution in [0.1, 0.15) is 21.8 Å². The van der Waals surface area contributed by atoms with Gasteiger partial charge in [0.15, 0.2) is 11.5 Å². The second-order valence-corrected chi connectivity index (χ2v) is 4.72. The summed E-state index contributed by atoms with van der Waals surface area (Å²) < 4.78 is 18.3. The van der Waals surface area contributed by atoms with Gasteiger partial charge in [-0.3, -0.25) is 4.79 Å². The third-order valence-electron chi connectivity index (χ3n) is 3.12. The van der Waals surface area contributed by atoms with Crippen molar-refractivity contribution >= 4 is 17.0 Å². The number of nitrogens with one attached hydrogen (secondary N) is 1. The molecule has 0 aliphatic heterocycles. The van der Waals surface area contributed by atoms with Gasteiger partial charge in [0.25, 0.3) is 5.91 Å². The zero-order valence-electron chi connectivity index (χ0n) is 11.4. The average Bonchev–Trinajstić information content (AvgIpc) is 2.84. The van der Waals surface area contributed by atoms with Crippen LogP contribution in [0.4, 0.5) is 4.39 Å². The number of fused-ring (bicyclic) bond motifs is 1. The fourth-order valence-electron chi connectivity index (χ4n) is 2.08. The van der Waals surface area contributed by atoms with E-state index in [1.807, 2.05) is 18.2 Å². The maximum atomic E-state index is 12.8. The molecule has 0 saturated carbocycles. The molecule has 106 valence electrons. The Labute approximate surface area is 120 Å². The molecule has 0 fully saturated rings. The fraction of sp³-hybridized carbons (Fsp3) is 0.125. The van der Waals surface area contributed by atoms with Gasteiger partial charge >= 0.3 is 0 Å². The predicted octanol–water partition coefficient (Wildman–Crippen LogP) is 3.21. The first-order valence-electron chi connectivity index (χ1n) is 6.52. The van der Waals surface area contributed by atoms with E-state index in [0.717, 1.165) is 11.1 Å². The first-order valence-corrected chi connectivity index (χ1v) is 6.52. The largest absolute Gasteiger partial charge is 0.441 e. The molecule has 0 aliphatic carbocycles. The molecule has 4 nitrogen and oxygen atoms in total. The van der Waals surface area contributed by atoms with Crippen LogP contribution in [0.5, 0.6) is 0 Å². The molecule has 0 aliphatic rings. The molecule has 0 bridgehead atoms.